The molecule has 0 aromatic heterocycles. The maximum atomic E-state index is 13.4. The number of benzene rings is 3. The van der Waals surface area contributed by atoms with Crippen molar-refractivity contribution in [1.82, 2.24) is 10.2 Å². The Hall–Kier alpha value is -2.85. The van der Waals surface area contributed by atoms with Gasteiger partial charge in [0, 0.05) is 17.3 Å². The lowest BCUT2D eigenvalue weighted by atomic mass is 9.96. The minimum Gasteiger partial charge on any atom is -0.382 e. The molecule has 0 unspecified atom stereocenters. The van der Waals surface area contributed by atoms with Gasteiger partial charge in [0.1, 0.15) is 0 Å². The van der Waals surface area contributed by atoms with Gasteiger partial charge in [-0.05, 0) is 86.8 Å². The van der Waals surface area contributed by atoms with Crippen molar-refractivity contribution in [3.8, 4) is 0 Å². The smallest absolute Gasteiger partial charge is 0.252 e. The van der Waals surface area contributed by atoms with Gasteiger partial charge in [0.25, 0.3) is 5.91 Å². The molecule has 1 saturated heterocycles. The van der Waals surface area contributed by atoms with E-state index in [9.17, 15) is 4.79 Å². The third kappa shape index (κ3) is 4.05. The number of hydrogen-bond donors (Lipinski definition) is 2. The minimum atomic E-state index is -0.248. The molecule has 2 N–H and O–H groups in total. The fraction of sp³-hybridized carbons (Fsp3) is 0.370. The van der Waals surface area contributed by atoms with E-state index in [1.807, 2.05) is 13.0 Å². The highest BCUT2D eigenvalue weighted by Gasteiger charge is 2.46. The van der Waals surface area contributed by atoms with E-state index in [-0.39, 0.29) is 11.4 Å². The summed E-state index contributed by atoms with van der Waals surface area (Å²) in [6, 6.07) is 21.5. The van der Waals surface area contributed by atoms with Gasteiger partial charge in [-0.15, -0.1) is 0 Å². The van der Waals surface area contributed by atoms with Gasteiger partial charge < -0.3 is 15.5 Å². The SMILES string of the molecule is Cc1ccc(NC2CCN(C)CC2)cc1C(=O)NC1(c2cccc3ccccc23)CC1. The lowest BCUT2D eigenvalue weighted by Crippen LogP contribution is -2.37. The summed E-state index contributed by atoms with van der Waals surface area (Å²) >= 11 is 0. The normalized spacial score (nSPS) is 18.6. The Balaban J connectivity index is 1.36. The Labute approximate surface area is 184 Å². The highest BCUT2D eigenvalue weighted by molar-refractivity contribution is 5.98. The van der Waals surface area contributed by atoms with Gasteiger partial charge in [-0.1, -0.05) is 48.5 Å². The molecule has 2 aliphatic rings. The number of carbonyl (C=O) groups is 1. The third-order valence-corrected chi connectivity index (χ3v) is 6.98. The van der Waals surface area contributed by atoms with E-state index in [0.717, 1.165) is 55.6 Å². The predicted molar refractivity (Wildman–Crippen MR) is 128 cm³/mol. The van der Waals surface area contributed by atoms with Crippen molar-refractivity contribution < 1.29 is 4.79 Å². The summed E-state index contributed by atoms with van der Waals surface area (Å²) < 4.78 is 0. The second-order valence-electron chi connectivity index (χ2n) is 9.31. The Morgan fingerprint density at radius 1 is 1.00 bits per heavy atom. The van der Waals surface area contributed by atoms with E-state index in [1.165, 1.54) is 16.3 Å². The van der Waals surface area contributed by atoms with Gasteiger partial charge in [0.15, 0.2) is 0 Å². The Morgan fingerprint density at radius 2 is 1.74 bits per heavy atom. The number of hydrogen-bond acceptors (Lipinski definition) is 3. The predicted octanol–water partition coefficient (Wildman–Crippen LogP) is 5.07. The van der Waals surface area contributed by atoms with E-state index in [1.54, 1.807) is 0 Å². The molecule has 5 rings (SSSR count). The van der Waals surface area contributed by atoms with Crippen LogP contribution in [0.25, 0.3) is 10.8 Å². The lowest BCUT2D eigenvalue weighted by Gasteiger charge is -2.30. The van der Waals surface area contributed by atoms with Crippen LogP contribution in [0.15, 0.2) is 60.7 Å². The van der Waals surface area contributed by atoms with Crippen LogP contribution in [0.1, 0.15) is 47.2 Å². The standard InChI is InChI=1S/C27H31N3O/c1-19-10-11-22(28-21-12-16-30(2)17-13-21)18-24(19)26(31)29-27(14-15-27)25-9-5-7-20-6-3-4-8-23(20)25/h3-11,18,21,28H,12-17H2,1-2H3,(H,29,31). The highest BCUT2D eigenvalue weighted by Crippen LogP contribution is 2.48. The van der Waals surface area contributed by atoms with Gasteiger partial charge in [-0.25, -0.2) is 0 Å². The molecule has 0 radical (unpaired) electrons. The molecule has 0 spiro atoms. The first-order valence-electron chi connectivity index (χ1n) is 11.4. The second-order valence-corrected chi connectivity index (χ2v) is 9.31. The first kappa shape index (κ1) is 20.1. The summed E-state index contributed by atoms with van der Waals surface area (Å²) in [4.78, 5) is 15.7. The summed E-state index contributed by atoms with van der Waals surface area (Å²) in [5, 5.41) is 9.50. The average Bonchev–Trinajstić information content (AvgIpc) is 3.56. The third-order valence-electron chi connectivity index (χ3n) is 6.98. The first-order chi connectivity index (χ1) is 15.0. The minimum absolute atomic E-state index is 0.0231. The zero-order valence-electron chi connectivity index (χ0n) is 18.4. The Kier molecular flexibility index (Phi) is 5.19. The Morgan fingerprint density at radius 3 is 2.52 bits per heavy atom. The molecular weight excluding hydrogens is 382 g/mol. The molecule has 3 aromatic carbocycles. The molecule has 1 heterocycles. The Bertz CT molecular complexity index is 1110. The zero-order valence-corrected chi connectivity index (χ0v) is 18.4. The zero-order chi connectivity index (χ0) is 21.4. The van der Waals surface area contributed by atoms with Gasteiger partial charge in [-0.3, -0.25) is 4.79 Å². The van der Waals surface area contributed by atoms with E-state index in [4.69, 9.17) is 0 Å². The molecule has 0 atom stereocenters. The summed E-state index contributed by atoms with van der Waals surface area (Å²) in [6.07, 6.45) is 4.24. The molecule has 1 aliphatic carbocycles. The van der Waals surface area contributed by atoms with Gasteiger partial charge in [0.2, 0.25) is 0 Å². The summed E-state index contributed by atoms with van der Waals surface area (Å²) in [5.41, 5.74) is 3.81. The summed E-state index contributed by atoms with van der Waals surface area (Å²) in [6.45, 7) is 4.25. The number of rotatable bonds is 5. The fourth-order valence-corrected chi connectivity index (χ4v) is 4.86. The van der Waals surface area contributed by atoms with E-state index >= 15 is 0 Å². The maximum absolute atomic E-state index is 13.4. The first-order valence-corrected chi connectivity index (χ1v) is 11.4. The van der Waals surface area contributed by atoms with Crippen molar-refractivity contribution >= 4 is 22.4 Å². The molecular formula is C27H31N3O. The van der Waals surface area contributed by atoms with E-state index < -0.39 is 0 Å². The summed E-state index contributed by atoms with van der Waals surface area (Å²) in [5.74, 6) is 0.0231. The van der Waals surface area contributed by atoms with Crippen LogP contribution < -0.4 is 10.6 Å². The molecule has 31 heavy (non-hydrogen) atoms. The number of fused-ring (bicyclic) bond motifs is 1. The quantitative estimate of drug-likeness (QED) is 0.614. The number of anilines is 1. The van der Waals surface area contributed by atoms with Crippen molar-refractivity contribution in [2.75, 3.05) is 25.5 Å². The monoisotopic (exact) mass is 413 g/mol. The molecule has 3 aromatic rings. The number of amides is 1. The number of aryl methyl sites for hydroxylation is 1. The van der Waals surface area contributed by atoms with Crippen molar-refractivity contribution in [2.45, 2.75) is 44.2 Å². The number of nitrogens with one attached hydrogen (secondary N) is 2. The molecule has 4 heteroatoms. The second kappa shape index (κ2) is 8.01. The van der Waals surface area contributed by atoms with Gasteiger partial charge >= 0.3 is 0 Å². The van der Waals surface area contributed by atoms with Crippen LogP contribution in [-0.2, 0) is 5.54 Å². The van der Waals surface area contributed by atoms with Crippen LogP contribution >= 0.6 is 0 Å². The van der Waals surface area contributed by atoms with Crippen LogP contribution in [0, 0.1) is 6.92 Å². The maximum Gasteiger partial charge on any atom is 0.252 e. The number of nitrogens with zero attached hydrogens (tertiary/aromatic N) is 1. The molecule has 1 amide bonds. The van der Waals surface area contributed by atoms with Crippen molar-refractivity contribution in [3.05, 3.63) is 77.4 Å². The number of carbonyl (C=O) groups excluding carboxylic acids is 1. The van der Waals surface area contributed by atoms with E-state index in [0.29, 0.717) is 6.04 Å². The van der Waals surface area contributed by atoms with Crippen molar-refractivity contribution in [2.24, 2.45) is 0 Å². The molecule has 1 aliphatic heterocycles. The largest absolute Gasteiger partial charge is 0.382 e. The molecule has 160 valence electrons. The fourth-order valence-electron chi connectivity index (χ4n) is 4.86. The highest BCUT2D eigenvalue weighted by atomic mass is 16.1. The van der Waals surface area contributed by atoms with Crippen LogP contribution in [0.4, 0.5) is 5.69 Å². The van der Waals surface area contributed by atoms with Crippen LogP contribution in [0.5, 0.6) is 0 Å². The number of piperidine rings is 1. The topological polar surface area (TPSA) is 44.4 Å². The summed E-state index contributed by atoms with van der Waals surface area (Å²) in [7, 11) is 2.17. The lowest BCUT2D eigenvalue weighted by molar-refractivity contribution is 0.0930. The molecule has 1 saturated carbocycles. The van der Waals surface area contributed by atoms with Crippen molar-refractivity contribution in [1.29, 1.82) is 0 Å². The average molecular weight is 414 g/mol. The van der Waals surface area contributed by atoms with Gasteiger partial charge in [0.05, 0.1) is 5.54 Å². The molecule has 0 bridgehead atoms. The van der Waals surface area contributed by atoms with Crippen molar-refractivity contribution in [3.63, 3.8) is 0 Å². The van der Waals surface area contributed by atoms with Crippen LogP contribution in [0.3, 0.4) is 0 Å². The van der Waals surface area contributed by atoms with Crippen LogP contribution in [0.2, 0.25) is 0 Å². The van der Waals surface area contributed by atoms with Gasteiger partial charge in [-0.2, -0.15) is 0 Å². The van der Waals surface area contributed by atoms with Crippen LogP contribution in [-0.4, -0.2) is 37.0 Å². The number of likely N-dealkylation sites (tertiary alicyclic amines) is 1. The molecule has 4 nitrogen and oxygen atoms in total. The molecule has 2 fully saturated rings. The van der Waals surface area contributed by atoms with E-state index in [2.05, 4.69) is 77.2 Å².